The molecule has 1 aliphatic carbocycles. The molecule has 3 rings (SSSR count). The number of sulfone groups is 1. The summed E-state index contributed by atoms with van der Waals surface area (Å²) in [4.78, 5) is 0. The van der Waals surface area contributed by atoms with E-state index in [1.807, 2.05) is 12.2 Å². The standard InChI is InChI=1S/C8H8O2S/c9-11(10)5-1-3-6-7(4-2-5)8(6)11/h1-8H/t5?,6-,7-,8?/m1/s1. The molecule has 1 fully saturated rings. The molecule has 3 aliphatic rings. The molecule has 2 aliphatic heterocycles. The number of fused-ring (bicyclic) bond motifs is 2. The third-order valence-electron chi connectivity index (χ3n) is 2.87. The first-order chi connectivity index (χ1) is 5.21. The van der Waals surface area contributed by atoms with Gasteiger partial charge in [-0.3, -0.25) is 0 Å². The van der Waals surface area contributed by atoms with Crippen molar-refractivity contribution in [3.05, 3.63) is 24.3 Å². The minimum absolute atomic E-state index is 0.0532. The molecule has 2 atom stereocenters. The van der Waals surface area contributed by atoms with Gasteiger partial charge < -0.3 is 0 Å². The highest BCUT2D eigenvalue weighted by molar-refractivity contribution is 7.93. The lowest BCUT2D eigenvalue weighted by Gasteiger charge is -2.14. The van der Waals surface area contributed by atoms with E-state index in [4.69, 9.17) is 0 Å². The van der Waals surface area contributed by atoms with Gasteiger partial charge >= 0.3 is 0 Å². The normalized spacial score (nSPS) is 54.2. The Morgan fingerprint density at radius 2 is 1.45 bits per heavy atom. The van der Waals surface area contributed by atoms with E-state index in [1.165, 1.54) is 0 Å². The fourth-order valence-electron chi connectivity index (χ4n) is 2.18. The lowest BCUT2D eigenvalue weighted by molar-refractivity contribution is 0.588. The van der Waals surface area contributed by atoms with E-state index in [1.54, 1.807) is 0 Å². The van der Waals surface area contributed by atoms with Gasteiger partial charge in [-0.25, -0.2) is 8.42 Å². The van der Waals surface area contributed by atoms with Crippen LogP contribution in [0.1, 0.15) is 0 Å². The second kappa shape index (κ2) is 1.46. The fourth-order valence-corrected chi connectivity index (χ4v) is 4.49. The van der Waals surface area contributed by atoms with E-state index in [-0.39, 0.29) is 10.5 Å². The Morgan fingerprint density at radius 3 is 1.91 bits per heavy atom. The van der Waals surface area contributed by atoms with Crippen molar-refractivity contribution < 1.29 is 8.42 Å². The molecule has 0 saturated heterocycles. The maximum absolute atomic E-state index is 11.5. The smallest absolute Gasteiger partial charge is 0.164 e. The van der Waals surface area contributed by atoms with Crippen molar-refractivity contribution in [1.29, 1.82) is 0 Å². The van der Waals surface area contributed by atoms with Crippen molar-refractivity contribution >= 4 is 9.84 Å². The molecule has 11 heavy (non-hydrogen) atoms. The molecular formula is C8H8O2S. The van der Waals surface area contributed by atoms with Gasteiger partial charge in [0, 0.05) is 11.8 Å². The SMILES string of the molecule is O=S1(=O)C2C=C[C@H]3C1[C@@H]3C=C2. The average molecular weight is 168 g/mol. The predicted octanol–water partition coefficient (Wildman–Crippen LogP) is 0.524. The molecule has 0 aromatic rings. The second-order valence-corrected chi connectivity index (χ2v) is 5.71. The number of hydrogen-bond donors (Lipinski definition) is 0. The fraction of sp³-hybridized carbons (Fsp3) is 0.500. The van der Waals surface area contributed by atoms with Gasteiger partial charge in [0.2, 0.25) is 0 Å². The third-order valence-corrected chi connectivity index (χ3v) is 5.33. The van der Waals surface area contributed by atoms with Crippen LogP contribution < -0.4 is 0 Å². The van der Waals surface area contributed by atoms with Crippen LogP contribution >= 0.6 is 0 Å². The Morgan fingerprint density at radius 1 is 0.909 bits per heavy atom. The third kappa shape index (κ3) is 0.527. The Balaban J connectivity index is 2.32. The van der Waals surface area contributed by atoms with Crippen LogP contribution in [0.25, 0.3) is 0 Å². The van der Waals surface area contributed by atoms with Gasteiger partial charge in [0.25, 0.3) is 0 Å². The molecule has 0 aromatic heterocycles. The van der Waals surface area contributed by atoms with Crippen LogP contribution in [-0.4, -0.2) is 18.9 Å². The van der Waals surface area contributed by atoms with Crippen LogP contribution in [0.15, 0.2) is 24.3 Å². The minimum Gasteiger partial charge on any atom is -0.228 e. The quantitative estimate of drug-likeness (QED) is 0.494. The van der Waals surface area contributed by atoms with Gasteiger partial charge in [-0.1, -0.05) is 24.3 Å². The van der Waals surface area contributed by atoms with Crippen LogP contribution in [-0.2, 0) is 9.84 Å². The summed E-state index contributed by atoms with van der Waals surface area (Å²) in [7, 11) is -2.80. The lowest BCUT2D eigenvalue weighted by atomic mass is 10.3. The van der Waals surface area contributed by atoms with Crippen molar-refractivity contribution in [3.63, 3.8) is 0 Å². The highest BCUT2D eigenvalue weighted by atomic mass is 32.2. The van der Waals surface area contributed by atoms with Crippen LogP contribution in [0.2, 0.25) is 0 Å². The zero-order valence-electron chi connectivity index (χ0n) is 5.84. The van der Waals surface area contributed by atoms with Crippen molar-refractivity contribution in [3.8, 4) is 0 Å². The highest BCUT2D eigenvalue weighted by Gasteiger charge is 2.60. The molecule has 2 heterocycles. The van der Waals surface area contributed by atoms with E-state index in [9.17, 15) is 8.42 Å². The summed E-state index contributed by atoms with van der Waals surface area (Å²) in [5, 5.41) is -0.356. The summed E-state index contributed by atoms with van der Waals surface area (Å²) in [6.07, 6.45) is 7.75. The summed E-state index contributed by atoms with van der Waals surface area (Å²) in [5.74, 6) is 0.630. The highest BCUT2D eigenvalue weighted by Crippen LogP contribution is 2.53. The van der Waals surface area contributed by atoms with Gasteiger partial charge in [-0.2, -0.15) is 0 Å². The Bertz CT molecular complexity index is 344. The topological polar surface area (TPSA) is 34.1 Å². The van der Waals surface area contributed by atoms with E-state index < -0.39 is 9.84 Å². The van der Waals surface area contributed by atoms with Crippen LogP contribution in [0.3, 0.4) is 0 Å². The maximum Gasteiger partial charge on any atom is 0.164 e. The molecule has 0 spiro atoms. The minimum atomic E-state index is -2.80. The zero-order chi connectivity index (χ0) is 7.64. The summed E-state index contributed by atoms with van der Waals surface area (Å²) in [6.45, 7) is 0. The molecule has 0 amide bonds. The molecule has 1 saturated carbocycles. The first-order valence-corrected chi connectivity index (χ1v) is 5.41. The number of hydrogen-bond acceptors (Lipinski definition) is 2. The summed E-state index contributed by atoms with van der Waals surface area (Å²) in [5.41, 5.74) is 0. The summed E-state index contributed by atoms with van der Waals surface area (Å²) in [6, 6.07) is 0. The average Bonchev–Trinajstić information content (AvgIpc) is 2.56. The number of allylic oxidation sites excluding steroid dienone is 2. The lowest BCUT2D eigenvalue weighted by Crippen LogP contribution is -2.26. The monoisotopic (exact) mass is 168 g/mol. The zero-order valence-corrected chi connectivity index (χ0v) is 6.66. The van der Waals surface area contributed by atoms with E-state index in [0.717, 1.165) is 0 Å². The molecule has 58 valence electrons. The summed E-state index contributed by atoms with van der Waals surface area (Å²) < 4.78 is 23.0. The van der Waals surface area contributed by atoms with Gasteiger partial charge in [-0.15, -0.1) is 0 Å². The van der Waals surface area contributed by atoms with Gasteiger partial charge in [0.1, 0.15) is 0 Å². The van der Waals surface area contributed by atoms with Gasteiger partial charge in [-0.05, 0) is 0 Å². The molecule has 0 aromatic carbocycles. The largest absolute Gasteiger partial charge is 0.228 e. The molecular weight excluding hydrogens is 160 g/mol. The van der Waals surface area contributed by atoms with E-state index >= 15 is 0 Å². The van der Waals surface area contributed by atoms with E-state index in [2.05, 4.69) is 12.2 Å². The Labute approximate surface area is 65.5 Å². The van der Waals surface area contributed by atoms with Gasteiger partial charge in [0.05, 0.1) is 10.5 Å². The van der Waals surface area contributed by atoms with Gasteiger partial charge in [0.15, 0.2) is 9.84 Å². The molecule has 2 nitrogen and oxygen atoms in total. The Hall–Kier alpha value is -0.570. The van der Waals surface area contributed by atoms with E-state index in [0.29, 0.717) is 11.8 Å². The van der Waals surface area contributed by atoms with Crippen LogP contribution in [0.4, 0.5) is 0 Å². The molecule has 0 radical (unpaired) electrons. The van der Waals surface area contributed by atoms with Crippen molar-refractivity contribution in [2.45, 2.75) is 10.5 Å². The number of rotatable bonds is 0. The Kier molecular flexibility index (Phi) is 0.796. The molecule has 0 N–H and O–H groups in total. The molecule has 0 unspecified atom stereocenters. The molecule has 3 heteroatoms. The first kappa shape index (κ1) is 6.00. The molecule has 2 bridgehead atoms. The van der Waals surface area contributed by atoms with Crippen molar-refractivity contribution in [1.82, 2.24) is 0 Å². The summed E-state index contributed by atoms with van der Waals surface area (Å²) >= 11 is 0. The second-order valence-electron chi connectivity index (χ2n) is 3.44. The van der Waals surface area contributed by atoms with Crippen LogP contribution in [0, 0.1) is 11.8 Å². The van der Waals surface area contributed by atoms with Crippen molar-refractivity contribution in [2.24, 2.45) is 11.8 Å². The van der Waals surface area contributed by atoms with Crippen molar-refractivity contribution in [2.75, 3.05) is 0 Å². The first-order valence-electron chi connectivity index (χ1n) is 3.80. The maximum atomic E-state index is 11.5. The predicted molar refractivity (Wildman–Crippen MR) is 41.8 cm³/mol. The van der Waals surface area contributed by atoms with Crippen LogP contribution in [0.5, 0.6) is 0 Å².